The van der Waals surface area contributed by atoms with E-state index in [1.165, 1.54) is 16.7 Å². The molecule has 1 nitrogen and oxygen atoms in total. The van der Waals surface area contributed by atoms with E-state index in [4.69, 9.17) is 0 Å². The Labute approximate surface area is 87.6 Å². The van der Waals surface area contributed by atoms with Crippen molar-refractivity contribution in [3.05, 3.63) is 36.0 Å². The molecule has 0 aromatic heterocycles. The lowest BCUT2D eigenvalue weighted by atomic mass is 9.87. The third-order valence-electron chi connectivity index (χ3n) is 3.10. The maximum absolute atomic E-state index is 4.20. The van der Waals surface area contributed by atoms with E-state index >= 15 is 0 Å². The monoisotopic (exact) mass is 191 g/mol. The molecule has 0 radical (unpaired) electrons. The largest absolute Gasteiger partial charge is 0.312 e. The molecule has 1 unspecified atom stereocenters. The Bertz CT molecular complexity index is 260. The molecule has 78 valence electrons. The molecule has 0 saturated carbocycles. The Kier molecular flexibility index (Phi) is 4.15. The second-order valence-corrected chi connectivity index (χ2v) is 3.97. The zero-order valence-electron chi connectivity index (χ0n) is 9.40. The first kappa shape index (κ1) is 11.3. The number of nitrogens with one attached hydrogen (secondary N) is 1. The van der Waals surface area contributed by atoms with Crippen molar-refractivity contribution >= 4 is 0 Å². The molecule has 0 aromatic rings. The molecule has 0 saturated heterocycles. The fourth-order valence-electron chi connectivity index (χ4n) is 1.79. The summed E-state index contributed by atoms with van der Waals surface area (Å²) in [4.78, 5) is 0. The highest BCUT2D eigenvalue weighted by molar-refractivity contribution is 5.41. The van der Waals surface area contributed by atoms with E-state index in [0.717, 1.165) is 25.9 Å². The maximum atomic E-state index is 4.20. The third-order valence-corrected chi connectivity index (χ3v) is 3.10. The van der Waals surface area contributed by atoms with Gasteiger partial charge in [0.05, 0.1) is 0 Å². The molecule has 1 aliphatic rings. The van der Waals surface area contributed by atoms with Crippen molar-refractivity contribution in [1.29, 1.82) is 0 Å². The van der Waals surface area contributed by atoms with E-state index in [1.54, 1.807) is 0 Å². The fourth-order valence-corrected chi connectivity index (χ4v) is 1.79. The Balaban J connectivity index is 2.87. The molecule has 0 aliphatic carbocycles. The Morgan fingerprint density at radius 3 is 2.93 bits per heavy atom. The van der Waals surface area contributed by atoms with Gasteiger partial charge in [0, 0.05) is 6.54 Å². The lowest BCUT2D eigenvalue weighted by molar-refractivity contribution is 0.627. The third kappa shape index (κ3) is 2.36. The van der Waals surface area contributed by atoms with Crippen LogP contribution in [0.2, 0.25) is 0 Å². The van der Waals surface area contributed by atoms with Crippen molar-refractivity contribution in [2.45, 2.75) is 26.7 Å². The first-order valence-corrected chi connectivity index (χ1v) is 5.45. The molecule has 0 fully saturated rings. The topological polar surface area (TPSA) is 12.0 Å². The summed E-state index contributed by atoms with van der Waals surface area (Å²) in [5, 5.41) is 3.39. The van der Waals surface area contributed by atoms with Gasteiger partial charge in [-0.25, -0.2) is 0 Å². The summed E-state index contributed by atoms with van der Waals surface area (Å²) in [5.41, 5.74) is 4.06. The van der Waals surface area contributed by atoms with E-state index in [2.05, 4.69) is 32.3 Å². The highest BCUT2D eigenvalue weighted by atomic mass is 14.9. The SMILES string of the molecule is C=CC1=C(C(=C)C(C)CC)CNCC1. The van der Waals surface area contributed by atoms with Crippen molar-refractivity contribution in [2.24, 2.45) is 5.92 Å². The van der Waals surface area contributed by atoms with Gasteiger partial charge in [-0.05, 0) is 42.0 Å². The van der Waals surface area contributed by atoms with E-state index in [-0.39, 0.29) is 0 Å². The normalized spacial score (nSPS) is 19.3. The van der Waals surface area contributed by atoms with Crippen molar-refractivity contribution in [2.75, 3.05) is 13.1 Å². The quantitative estimate of drug-likeness (QED) is 0.720. The van der Waals surface area contributed by atoms with Gasteiger partial charge in [-0.1, -0.05) is 33.1 Å². The highest BCUT2D eigenvalue weighted by Crippen LogP contribution is 2.26. The second kappa shape index (κ2) is 5.16. The van der Waals surface area contributed by atoms with Gasteiger partial charge < -0.3 is 5.32 Å². The van der Waals surface area contributed by atoms with Crippen LogP contribution in [-0.2, 0) is 0 Å². The van der Waals surface area contributed by atoms with Gasteiger partial charge >= 0.3 is 0 Å². The Morgan fingerprint density at radius 1 is 1.64 bits per heavy atom. The van der Waals surface area contributed by atoms with Crippen molar-refractivity contribution in [3.8, 4) is 0 Å². The van der Waals surface area contributed by atoms with Crippen LogP contribution >= 0.6 is 0 Å². The minimum Gasteiger partial charge on any atom is -0.312 e. The van der Waals surface area contributed by atoms with Crippen LogP contribution in [0.5, 0.6) is 0 Å². The molecule has 0 bridgehead atoms. The molecule has 1 heterocycles. The molecule has 0 spiro atoms. The van der Waals surface area contributed by atoms with Crippen molar-refractivity contribution < 1.29 is 0 Å². The summed E-state index contributed by atoms with van der Waals surface area (Å²) in [5.74, 6) is 0.583. The molecular formula is C13H21N. The minimum absolute atomic E-state index is 0.583. The summed E-state index contributed by atoms with van der Waals surface area (Å²) in [6.45, 7) is 14.6. The highest BCUT2D eigenvalue weighted by Gasteiger charge is 2.15. The molecule has 14 heavy (non-hydrogen) atoms. The Morgan fingerprint density at radius 2 is 2.36 bits per heavy atom. The van der Waals surface area contributed by atoms with Crippen LogP contribution in [0.15, 0.2) is 36.0 Å². The standard InChI is InChI=1S/C13H21N/c1-5-10(3)11(4)13-9-14-8-7-12(13)6-2/h6,10,14H,2,4-5,7-9H2,1,3H3. The van der Waals surface area contributed by atoms with Crippen molar-refractivity contribution in [1.82, 2.24) is 5.32 Å². The predicted molar refractivity (Wildman–Crippen MR) is 63.3 cm³/mol. The lowest BCUT2D eigenvalue weighted by Gasteiger charge is -2.24. The molecule has 1 N–H and O–H groups in total. The average molecular weight is 191 g/mol. The maximum Gasteiger partial charge on any atom is 0.0210 e. The summed E-state index contributed by atoms with van der Waals surface area (Å²) >= 11 is 0. The zero-order valence-corrected chi connectivity index (χ0v) is 9.40. The summed E-state index contributed by atoms with van der Waals surface area (Å²) in [6, 6.07) is 0. The van der Waals surface area contributed by atoms with Gasteiger partial charge in [0.2, 0.25) is 0 Å². The summed E-state index contributed by atoms with van der Waals surface area (Å²) in [6.07, 6.45) is 4.24. The molecular weight excluding hydrogens is 170 g/mol. The predicted octanol–water partition coefficient (Wildman–Crippen LogP) is 3.06. The number of hydrogen-bond acceptors (Lipinski definition) is 1. The fraction of sp³-hybridized carbons (Fsp3) is 0.538. The van der Waals surface area contributed by atoms with Crippen LogP contribution in [-0.4, -0.2) is 13.1 Å². The van der Waals surface area contributed by atoms with Crippen molar-refractivity contribution in [3.63, 3.8) is 0 Å². The summed E-state index contributed by atoms with van der Waals surface area (Å²) in [7, 11) is 0. The smallest absolute Gasteiger partial charge is 0.0210 e. The lowest BCUT2D eigenvalue weighted by Crippen LogP contribution is -2.26. The van der Waals surface area contributed by atoms with E-state index in [9.17, 15) is 0 Å². The summed E-state index contributed by atoms with van der Waals surface area (Å²) < 4.78 is 0. The van der Waals surface area contributed by atoms with Crippen LogP contribution in [0, 0.1) is 5.92 Å². The first-order valence-electron chi connectivity index (χ1n) is 5.45. The Hall–Kier alpha value is -0.820. The van der Waals surface area contributed by atoms with E-state index < -0.39 is 0 Å². The van der Waals surface area contributed by atoms with Crippen LogP contribution in [0.4, 0.5) is 0 Å². The first-order chi connectivity index (χ1) is 6.70. The van der Waals surface area contributed by atoms with Crippen LogP contribution in [0.3, 0.4) is 0 Å². The van der Waals surface area contributed by atoms with Crippen LogP contribution < -0.4 is 5.32 Å². The molecule has 1 atom stereocenters. The molecule has 1 rings (SSSR count). The minimum atomic E-state index is 0.583. The van der Waals surface area contributed by atoms with E-state index in [1.807, 2.05) is 6.08 Å². The van der Waals surface area contributed by atoms with Gasteiger partial charge in [-0.15, -0.1) is 0 Å². The van der Waals surface area contributed by atoms with Crippen LogP contribution in [0.1, 0.15) is 26.7 Å². The van der Waals surface area contributed by atoms with Crippen LogP contribution in [0.25, 0.3) is 0 Å². The van der Waals surface area contributed by atoms with Gasteiger partial charge in [0.1, 0.15) is 0 Å². The molecule has 0 aromatic carbocycles. The number of allylic oxidation sites excluding steroid dienone is 1. The van der Waals surface area contributed by atoms with Gasteiger partial charge in [0.15, 0.2) is 0 Å². The van der Waals surface area contributed by atoms with Gasteiger partial charge in [-0.2, -0.15) is 0 Å². The number of rotatable bonds is 4. The van der Waals surface area contributed by atoms with E-state index in [0.29, 0.717) is 5.92 Å². The molecule has 1 heteroatoms. The van der Waals surface area contributed by atoms with Gasteiger partial charge in [0.25, 0.3) is 0 Å². The van der Waals surface area contributed by atoms with Gasteiger partial charge in [-0.3, -0.25) is 0 Å². The second-order valence-electron chi connectivity index (χ2n) is 3.97. The zero-order chi connectivity index (χ0) is 10.6. The molecule has 1 aliphatic heterocycles. The molecule has 0 amide bonds. The number of hydrogen-bond donors (Lipinski definition) is 1. The average Bonchev–Trinajstić information content (AvgIpc) is 2.26.